The number of likely N-dealkylation sites (N-methyl/N-ethyl adjacent to an activating group) is 1. The molecule has 0 aliphatic carbocycles. The van der Waals surface area contributed by atoms with E-state index in [1.807, 2.05) is 6.92 Å². The molecular weight excluding hydrogens is 178 g/mol. The van der Waals surface area contributed by atoms with E-state index < -0.39 is 0 Å². The molecule has 2 unspecified atom stereocenters. The summed E-state index contributed by atoms with van der Waals surface area (Å²) < 4.78 is 5.63. The maximum Gasteiger partial charge on any atom is 0.364 e. The van der Waals surface area contributed by atoms with Crippen molar-refractivity contribution < 1.29 is 14.0 Å². The minimum Gasteiger partial charge on any atom is -0.465 e. The lowest BCUT2D eigenvalue weighted by Gasteiger charge is -2.40. The zero-order chi connectivity index (χ0) is 10.6. The molecular formula is C11H20NO2+. The van der Waals surface area contributed by atoms with E-state index in [9.17, 15) is 4.79 Å². The first-order chi connectivity index (χ1) is 6.64. The first kappa shape index (κ1) is 11.2. The van der Waals surface area contributed by atoms with E-state index >= 15 is 0 Å². The molecule has 0 bridgehead atoms. The van der Waals surface area contributed by atoms with Gasteiger partial charge in [-0.25, -0.2) is 4.79 Å². The average Bonchev–Trinajstić information content (AvgIpc) is 2.19. The molecule has 1 aliphatic heterocycles. The van der Waals surface area contributed by atoms with Gasteiger partial charge in [0.15, 0.2) is 6.04 Å². The fraction of sp³-hybridized carbons (Fsp3) is 0.727. The topological polar surface area (TPSA) is 26.3 Å². The normalized spacial score (nSPS) is 28.5. The molecule has 0 aromatic rings. The largest absolute Gasteiger partial charge is 0.465 e. The quantitative estimate of drug-likeness (QED) is 0.389. The molecule has 3 heteroatoms. The van der Waals surface area contributed by atoms with Gasteiger partial charge in [0.25, 0.3) is 0 Å². The molecule has 14 heavy (non-hydrogen) atoms. The van der Waals surface area contributed by atoms with Crippen LogP contribution in [0.3, 0.4) is 0 Å². The molecule has 0 saturated heterocycles. The summed E-state index contributed by atoms with van der Waals surface area (Å²) in [6, 6.07) is -0.00931. The molecule has 0 N–H and O–H groups in total. The highest BCUT2D eigenvalue weighted by Gasteiger charge is 2.37. The molecule has 1 rings (SSSR count). The second-order valence-corrected chi connectivity index (χ2v) is 4.09. The molecule has 0 aromatic carbocycles. The maximum absolute atomic E-state index is 11.6. The molecule has 0 aromatic heterocycles. The van der Waals surface area contributed by atoms with E-state index in [1.54, 1.807) is 0 Å². The molecule has 80 valence electrons. The number of hydrogen-bond acceptors (Lipinski definition) is 2. The first-order valence-corrected chi connectivity index (χ1v) is 5.21. The lowest BCUT2D eigenvalue weighted by atomic mass is 10.1. The van der Waals surface area contributed by atoms with Crippen molar-refractivity contribution in [1.82, 2.24) is 0 Å². The summed E-state index contributed by atoms with van der Waals surface area (Å²) in [6.45, 7) is 4.01. The third-order valence-electron chi connectivity index (χ3n) is 3.11. The van der Waals surface area contributed by atoms with Crippen LogP contribution >= 0.6 is 0 Å². The lowest BCUT2D eigenvalue weighted by Crippen LogP contribution is -2.57. The van der Waals surface area contributed by atoms with Crippen molar-refractivity contribution in [3.63, 3.8) is 0 Å². The van der Waals surface area contributed by atoms with Crippen molar-refractivity contribution >= 4 is 5.97 Å². The van der Waals surface area contributed by atoms with Gasteiger partial charge < -0.3 is 9.22 Å². The highest BCUT2D eigenvalue weighted by molar-refractivity contribution is 5.74. The standard InChI is InChI=1S/C11H20NO2/c1-4-10(11(13)14-3)12(2)8-6-5-7-9-12/h5-6,10H,4,7-9H2,1-3H3/q+1. The van der Waals surface area contributed by atoms with Crippen molar-refractivity contribution in [3.8, 4) is 0 Å². The average molecular weight is 198 g/mol. The van der Waals surface area contributed by atoms with E-state index in [4.69, 9.17) is 4.74 Å². The van der Waals surface area contributed by atoms with Crippen LogP contribution in [-0.4, -0.2) is 43.7 Å². The van der Waals surface area contributed by atoms with Crippen LogP contribution in [0.4, 0.5) is 0 Å². The Morgan fingerprint density at radius 2 is 2.29 bits per heavy atom. The number of ether oxygens (including phenoxy) is 1. The smallest absolute Gasteiger partial charge is 0.364 e. The fourth-order valence-corrected chi connectivity index (χ4v) is 2.17. The summed E-state index contributed by atoms with van der Waals surface area (Å²) in [5.74, 6) is -0.0784. The van der Waals surface area contributed by atoms with E-state index in [-0.39, 0.29) is 12.0 Å². The highest BCUT2D eigenvalue weighted by Crippen LogP contribution is 2.19. The number of rotatable bonds is 3. The molecule has 0 fully saturated rings. The summed E-state index contributed by atoms with van der Waals surface area (Å²) in [5.41, 5.74) is 0. The second-order valence-electron chi connectivity index (χ2n) is 4.09. The van der Waals surface area contributed by atoms with Gasteiger partial charge in [-0.15, -0.1) is 0 Å². The number of methoxy groups -OCH3 is 1. The zero-order valence-corrected chi connectivity index (χ0v) is 9.32. The minimum absolute atomic E-state index is 0.00931. The van der Waals surface area contributed by atoms with E-state index in [2.05, 4.69) is 19.2 Å². The Balaban J connectivity index is 2.76. The molecule has 0 spiro atoms. The van der Waals surface area contributed by atoms with Gasteiger partial charge in [-0.05, 0) is 6.08 Å². The van der Waals surface area contributed by atoms with Crippen molar-refractivity contribution in [2.45, 2.75) is 25.8 Å². The molecule has 0 saturated carbocycles. The van der Waals surface area contributed by atoms with Gasteiger partial charge in [0, 0.05) is 12.8 Å². The van der Waals surface area contributed by atoms with Crippen molar-refractivity contribution in [2.24, 2.45) is 0 Å². The summed E-state index contributed by atoms with van der Waals surface area (Å²) in [6.07, 6.45) is 6.25. The van der Waals surface area contributed by atoms with Gasteiger partial charge in [-0.2, -0.15) is 0 Å². The second kappa shape index (κ2) is 4.60. The Labute approximate surface area is 85.9 Å². The summed E-state index contributed by atoms with van der Waals surface area (Å²) in [4.78, 5) is 11.6. The van der Waals surface area contributed by atoms with Crippen LogP contribution in [0.25, 0.3) is 0 Å². The highest BCUT2D eigenvalue weighted by atomic mass is 16.5. The van der Waals surface area contributed by atoms with Gasteiger partial charge in [-0.1, -0.05) is 13.0 Å². The van der Waals surface area contributed by atoms with Crippen LogP contribution in [0.5, 0.6) is 0 Å². The lowest BCUT2D eigenvalue weighted by molar-refractivity contribution is -0.921. The van der Waals surface area contributed by atoms with Crippen LogP contribution in [0.15, 0.2) is 12.2 Å². The molecule has 0 radical (unpaired) electrons. The Bertz CT molecular complexity index is 237. The predicted molar refractivity (Wildman–Crippen MR) is 55.8 cm³/mol. The van der Waals surface area contributed by atoms with Crippen molar-refractivity contribution in [1.29, 1.82) is 0 Å². The molecule has 2 atom stereocenters. The van der Waals surface area contributed by atoms with Gasteiger partial charge in [0.1, 0.15) is 0 Å². The van der Waals surface area contributed by atoms with Gasteiger partial charge in [0.05, 0.1) is 27.2 Å². The zero-order valence-electron chi connectivity index (χ0n) is 9.32. The molecule has 0 amide bonds. The van der Waals surface area contributed by atoms with Crippen LogP contribution in [0.2, 0.25) is 0 Å². The van der Waals surface area contributed by atoms with Gasteiger partial charge in [-0.3, -0.25) is 0 Å². The van der Waals surface area contributed by atoms with Crippen LogP contribution in [0, 0.1) is 0 Å². The number of quaternary nitrogens is 1. The molecule has 3 nitrogen and oxygen atoms in total. The van der Waals surface area contributed by atoms with Crippen molar-refractivity contribution in [3.05, 3.63) is 12.2 Å². The van der Waals surface area contributed by atoms with Crippen molar-refractivity contribution in [2.75, 3.05) is 27.2 Å². The molecule has 1 heterocycles. The van der Waals surface area contributed by atoms with E-state index in [0.29, 0.717) is 0 Å². The SMILES string of the molecule is CCC(C(=O)OC)[N+]1(C)CC=CCC1. The summed E-state index contributed by atoms with van der Waals surface area (Å²) in [5, 5.41) is 0. The Morgan fingerprint density at radius 3 is 2.71 bits per heavy atom. The van der Waals surface area contributed by atoms with E-state index in [0.717, 1.165) is 30.4 Å². The third-order valence-corrected chi connectivity index (χ3v) is 3.11. The fourth-order valence-electron chi connectivity index (χ4n) is 2.17. The number of esters is 1. The first-order valence-electron chi connectivity index (χ1n) is 5.21. The number of carbonyl (C=O) groups excluding carboxylic acids is 1. The number of carbonyl (C=O) groups is 1. The Hall–Kier alpha value is -0.830. The Kier molecular flexibility index (Phi) is 3.69. The third kappa shape index (κ3) is 2.15. The summed E-state index contributed by atoms with van der Waals surface area (Å²) >= 11 is 0. The minimum atomic E-state index is -0.0784. The number of nitrogens with zero attached hydrogens (tertiary/aromatic N) is 1. The van der Waals surface area contributed by atoms with Gasteiger partial charge >= 0.3 is 5.97 Å². The van der Waals surface area contributed by atoms with Gasteiger partial charge in [0.2, 0.25) is 0 Å². The molecule has 1 aliphatic rings. The summed E-state index contributed by atoms with van der Waals surface area (Å²) in [7, 11) is 3.60. The van der Waals surface area contributed by atoms with Crippen LogP contribution < -0.4 is 0 Å². The van der Waals surface area contributed by atoms with Crippen LogP contribution in [-0.2, 0) is 9.53 Å². The number of hydrogen-bond donors (Lipinski definition) is 0. The Morgan fingerprint density at radius 1 is 1.57 bits per heavy atom. The van der Waals surface area contributed by atoms with Crippen LogP contribution in [0.1, 0.15) is 19.8 Å². The maximum atomic E-state index is 11.6. The van der Waals surface area contributed by atoms with E-state index in [1.165, 1.54) is 7.11 Å². The monoisotopic (exact) mass is 198 g/mol. The predicted octanol–water partition coefficient (Wildman–Crippen LogP) is 1.34.